The molecule has 0 saturated heterocycles. The van der Waals surface area contributed by atoms with Gasteiger partial charge in [-0.2, -0.15) is 18.4 Å². The Morgan fingerprint density at radius 3 is 2.41 bits per heavy atom. The first-order valence-electron chi connectivity index (χ1n) is 6.92. The zero-order chi connectivity index (χ0) is 16.3. The minimum absolute atomic E-state index is 0.0283. The molecule has 4 nitrogen and oxygen atoms in total. The number of carbonyl (C=O) groups is 1. The van der Waals surface area contributed by atoms with Gasteiger partial charge in [-0.25, -0.2) is 0 Å². The maximum absolute atomic E-state index is 12.6. The summed E-state index contributed by atoms with van der Waals surface area (Å²) in [6.45, 7) is 0. The molecule has 0 unspecified atom stereocenters. The van der Waals surface area contributed by atoms with Crippen LogP contribution in [0.3, 0.4) is 0 Å². The van der Waals surface area contributed by atoms with Crippen LogP contribution in [-0.2, 0) is 11.0 Å². The number of hydrogen-bond acceptors (Lipinski definition) is 3. The number of anilines is 1. The van der Waals surface area contributed by atoms with Crippen molar-refractivity contribution in [3.8, 4) is 6.07 Å². The molecule has 2 rings (SSSR count). The summed E-state index contributed by atoms with van der Waals surface area (Å²) < 4.78 is 37.9. The third-order valence-corrected chi connectivity index (χ3v) is 3.90. The average molecular weight is 312 g/mol. The number of carboxylic acid groups (broad SMARTS) is 1. The van der Waals surface area contributed by atoms with Crippen molar-refractivity contribution in [2.45, 2.75) is 37.9 Å². The van der Waals surface area contributed by atoms with Gasteiger partial charge in [-0.1, -0.05) is 0 Å². The lowest BCUT2D eigenvalue weighted by atomic mass is 9.86. The highest BCUT2D eigenvalue weighted by Gasteiger charge is 2.31. The highest BCUT2D eigenvalue weighted by molar-refractivity contribution is 5.70. The summed E-state index contributed by atoms with van der Waals surface area (Å²) in [7, 11) is 0. The lowest BCUT2D eigenvalue weighted by Gasteiger charge is -2.28. The van der Waals surface area contributed by atoms with Gasteiger partial charge in [0.2, 0.25) is 0 Å². The van der Waals surface area contributed by atoms with Crippen molar-refractivity contribution in [1.82, 2.24) is 0 Å². The molecule has 1 aliphatic carbocycles. The first-order chi connectivity index (χ1) is 10.3. The number of rotatable bonds is 3. The average Bonchev–Trinajstić information content (AvgIpc) is 2.47. The zero-order valence-corrected chi connectivity index (χ0v) is 11.7. The second-order valence-corrected chi connectivity index (χ2v) is 5.40. The summed E-state index contributed by atoms with van der Waals surface area (Å²) in [5.41, 5.74) is -0.561. The molecule has 0 bridgehead atoms. The zero-order valence-electron chi connectivity index (χ0n) is 11.7. The molecule has 1 saturated carbocycles. The van der Waals surface area contributed by atoms with E-state index in [0.717, 1.165) is 12.1 Å². The van der Waals surface area contributed by atoms with Crippen LogP contribution >= 0.6 is 0 Å². The van der Waals surface area contributed by atoms with E-state index >= 15 is 0 Å². The number of benzene rings is 1. The van der Waals surface area contributed by atoms with Crippen LogP contribution < -0.4 is 5.32 Å². The Kier molecular flexibility index (Phi) is 4.59. The van der Waals surface area contributed by atoms with Crippen LogP contribution in [0.2, 0.25) is 0 Å². The number of nitrogens with zero attached hydrogens (tertiary/aromatic N) is 1. The standard InChI is InChI=1S/C15H15F3N2O2/c16-15(17,18)11-3-6-13(10(7-11)8-19)20-12-4-1-9(2-5-12)14(21)22/h3,6-7,9,12,20H,1-2,4-5H2,(H,21,22). The lowest BCUT2D eigenvalue weighted by Crippen LogP contribution is -2.29. The second kappa shape index (κ2) is 6.26. The normalized spacial score (nSPS) is 21.9. The van der Waals surface area contributed by atoms with E-state index in [1.54, 1.807) is 6.07 Å². The first-order valence-corrected chi connectivity index (χ1v) is 6.92. The number of nitrogens with one attached hydrogen (secondary N) is 1. The molecule has 1 aromatic rings. The Labute approximate surface area is 125 Å². The molecule has 1 fully saturated rings. The van der Waals surface area contributed by atoms with Crippen molar-refractivity contribution < 1.29 is 23.1 Å². The Morgan fingerprint density at radius 2 is 1.91 bits per heavy atom. The maximum Gasteiger partial charge on any atom is 0.416 e. The molecular weight excluding hydrogens is 297 g/mol. The van der Waals surface area contributed by atoms with Crippen LogP contribution in [0.1, 0.15) is 36.8 Å². The van der Waals surface area contributed by atoms with E-state index in [4.69, 9.17) is 10.4 Å². The summed E-state index contributed by atoms with van der Waals surface area (Å²) in [4.78, 5) is 10.9. The second-order valence-electron chi connectivity index (χ2n) is 5.40. The van der Waals surface area contributed by atoms with E-state index in [1.807, 2.05) is 0 Å². The van der Waals surface area contributed by atoms with Gasteiger partial charge in [-0.05, 0) is 43.9 Å². The topological polar surface area (TPSA) is 73.1 Å². The van der Waals surface area contributed by atoms with Crippen molar-refractivity contribution in [3.63, 3.8) is 0 Å². The summed E-state index contributed by atoms with van der Waals surface area (Å²) in [6.07, 6.45) is -2.21. The molecule has 0 radical (unpaired) electrons. The monoisotopic (exact) mass is 312 g/mol. The number of carboxylic acids is 1. The maximum atomic E-state index is 12.6. The molecule has 0 aromatic heterocycles. The van der Waals surface area contributed by atoms with Gasteiger partial charge in [0.25, 0.3) is 0 Å². The van der Waals surface area contributed by atoms with E-state index in [-0.39, 0.29) is 17.5 Å². The minimum atomic E-state index is -4.48. The van der Waals surface area contributed by atoms with Gasteiger partial charge < -0.3 is 10.4 Å². The van der Waals surface area contributed by atoms with Crippen molar-refractivity contribution in [3.05, 3.63) is 29.3 Å². The molecule has 0 aliphatic heterocycles. The van der Waals surface area contributed by atoms with E-state index in [2.05, 4.69) is 5.32 Å². The van der Waals surface area contributed by atoms with Crippen LogP contribution in [-0.4, -0.2) is 17.1 Å². The molecule has 1 aliphatic rings. The Hall–Kier alpha value is -2.23. The molecule has 0 heterocycles. The molecular formula is C15H15F3N2O2. The smallest absolute Gasteiger partial charge is 0.416 e. The third kappa shape index (κ3) is 3.70. The van der Waals surface area contributed by atoms with Gasteiger partial charge in [0.1, 0.15) is 6.07 Å². The molecule has 22 heavy (non-hydrogen) atoms. The Bertz CT molecular complexity index is 600. The van der Waals surface area contributed by atoms with E-state index in [9.17, 15) is 18.0 Å². The highest BCUT2D eigenvalue weighted by atomic mass is 19.4. The van der Waals surface area contributed by atoms with Gasteiger partial charge in [-0.3, -0.25) is 4.79 Å². The fraction of sp³-hybridized carbons (Fsp3) is 0.467. The SMILES string of the molecule is N#Cc1cc(C(F)(F)F)ccc1NC1CCC(C(=O)O)CC1. The minimum Gasteiger partial charge on any atom is -0.481 e. The van der Waals surface area contributed by atoms with Gasteiger partial charge in [0.15, 0.2) is 0 Å². The van der Waals surface area contributed by atoms with Crippen LogP contribution in [0.4, 0.5) is 18.9 Å². The Morgan fingerprint density at radius 1 is 1.27 bits per heavy atom. The summed E-state index contributed by atoms with van der Waals surface area (Å²) >= 11 is 0. The fourth-order valence-corrected chi connectivity index (χ4v) is 2.64. The first kappa shape index (κ1) is 16.1. The van der Waals surface area contributed by atoms with Crippen LogP contribution in [0.15, 0.2) is 18.2 Å². The predicted molar refractivity (Wildman–Crippen MR) is 73.2 cm³/mol. The molecule has 1 aromatic carbocycles. The van der Waals surface area contributed by atoms with Crippen molar-refractivity contribution in [2.75, 3.05) is 5.32 Å². The molecule has 0 atom stereocenters. The van der Waals surface area contributed by atoms with Gasteiger partial charge >= 0.3 is 12.1 Å². The van der Waals surface area contributed by atoms with E-state index in [1.165, 1.54) is 6.07 Å². The highest BCUT2D eigenvalue weighted by Crippen LogP contribution is 2.33. The fourth-order valence-electron chi connectivity index (χ4n) is 2.64. The number of aliphatic carboxylic acids is 1. The third-order valence-electron chi connectivity index (χ3n) is 3.90. The van der Waals surface area contributed by atoms with Crippen molar-refractivity contribution in [1.29, 1.82) is 5.26 Å². The summed E-state index contributed by atoms with van der Waals surface area (Å²) in [6, 6.07) is 4.76. The number of hydrogen-bond donors (Lipinski definition) is 2. The largest absolute Gasteiger partial charge is 0.481 e. The molecule has 118 valence electrons. The van der Waals surface area contributed by atoms with Crippen molar-refractivity contribution in [2.24, 2.45) is 5.92 Å². The Balaban J connectivity index is 2.08. The van der Waals surface area contributed by atoms with Gasteiger partial charge in [0, 0.05) is 6.04 Å². The summed E-state index contributed by atoms with van der Waals surface area (Å²) in [5, 5.41) is 21.0. The molecule has 7 heteroatoms. The van der Waals surface area contributed by atoms with Gasteiger partial charge in [0.05, 0.1) is 22.7 Å². The lowest BCUT2D eigenvalue weighted by molar-refractivity contribution is -0.142. The van der Waals surface area contributed by atoms with Crippen LogP contribution in [0.25, 0.3) is 0 Å². The van der Waals surface area contributed by atoms with E-state index in [0.29, 0.717) is 31.4 Å². The molecule has 0 amide bonds. The number of nitriles is 1. The van der Waals surface area contributed by atoms with Crippen LogP contribution in [0.5, 0.6) is 0 Å². The molecule has 2 N–H and O–H groups in total. The molecule has 0 spiro atoms. The predicted octanol–water partition coefficient (Wildman–Crippen LogP) is 3.63. The number of halogens is 3. The quantitative estimate of drug-likeness (QED) is 0.894. The summed E-state index contributed by atoms with van der Waals surface area (Å²) in [5.74, 6) is -1.17. The number of alkyl halides is 3. The van der Waals surface area contributed by atoms with Gasteiger partial charge in [-0.15, -0.1) is 0 Å². The van der Waals surface area contributed by atoms with Crippen molar-refractivity contribution >= 4 is 11.7 Å². The van der Waals surface area contributed by atoms with Crippen LogP contribution in [0, 0.1) is 17.2 Å². The van der Waals surface area contributed by atoms with E-state index < -0.39 is 17.7 Å².